The molecule has 0 bridgehead atoms. The van der Waals surface area contributed by atoms with Crippen molar-refractivity contribution < 1.29 is 14.7 Å². The summed E-state index contributed by atoms with van der Waals surface area (Å²) >= 11 is 6.07. The van der Waals surface area contributed by atoms with E-state index >= 15 is 0 Å². The molecule has 1 aromatic heterocycles. The van der Waals surface area contributed by atoms with Crippen molar-refractivity contribution in [3.63, 3.8) is 0 Å². The predicted octanol–water partition coefficient (Wildman–Crippen LogP) is 1.50. The summed E-state index contributed by atoms with van der Waals surface area (Å²) < 4.78 is 1.40. The van der Waals surface area contributed by atoms with Crippen molar-refractivity contribution >= 4 is 23.5 Å². The van der Waals surface area contributed by atoms with Gasteiger partial charge in [0.25, 0.3) is 5.91 Å². The van der Waals surface area contributed by atoms with Crippen molar-refractivity contribution in [2.45, 2.75) is 12.8 Å². The Labute approximate surface area is 148 Å². The molecular weight excluding hydrogens is 346 g/mol. The van der Waals surface area contributed by atoms with Crippen LogP contribution in [0.4, 0.5) is 0 Å². The third-order valence-corrected chi connectivity index (χ3v) is 5.22. The monoisotopic (exact) mass is 361 g/mol. The molecule has 25 heavy (non-hydrogen) atoms. The number of aromatic nitrogens is 4. The number of aliphatic carboxylic acids is 1. The fourth-order valence-corrected chi connectivity index (χ4v) is 3.75. The largest absolute Gasteiger partial charge is 0.481 e. The Kier molecular flexibility index (Phi) is 3.91. The zero-order chi connectivity index (χ0) is 17.6. The molecule has 2 heterocycles. The molecule has 130 valence electrons. The van der Waals surface area contributed by atoms with Gasteiger partial charge in [0.1, 0.15) is 6.33 Å². The highest BCUT2D eigenvalue weighted by Gasteiger charge is 2.47. The molecule has 1 aliphatic heterocycles. The van der Waals surface area contributed by atoms with E-state index in [2.05, 4.69) is 15.5 Å². The van der Waals surface area contributed by atoms with E-state index in [4.69, 9.17) is 11.6 Å². The molecule has 1 amide bonds. The molecule has 1 saturated carbocycles. The molecule has 1 aliphatic carbocycles. The van der Waals surface area contributed by atoms with E-state index in [1.807, 2.05) is 0 Å². The molecule has 0 radical (unpaired) electrons. The van der Waals surface area contributed by atoms with Gasteiger partial charge in [-0.1, -0.05) is 11.6 Å². The molecule has 2 aliphatic rings. The number of carboxylic acid groups (broad SMARTS) is 1. The minimum Gasteiger partial charge on any atom is -0.481 e. The number of carbonyl (C=O) groups excluding carboxylic acids is 1. The van der Waals surface area contributed by atoms with Crippen LogP contribution >= 0.6 is 11.6 Å². The molecule has 9 heteroatoms. The van der Waals surface area contributed by atoms with E-state index in [-0.39, 0.29) is 18.4 Å². The van der Waals surface area contributed by atoms with E-state index in [0.717, 1.165) is 12.8 Å². The number of hydrogen-bond donors (Lipinski definition) is 1. The molecule has 2 aromatic rings. The van der Waals surface area contributed by atoms with Crippen molar-refractivity contribution in [2.75, 3.05) is 13.1 Å². The molecule has 2 fully saturated rings. The van der Waals surface area contributed by atoms with E-state index in [0.29, 0.717) is 28.7 Å². The van der Waals surface area contributed by atoms with Gasteiger partial charge in [0.15, 0.2) is 0 Å². The topological polar surface area (TPSA) is 101 Å². The van der Waals surface area contributed by atoms with Gasteiger partial charge in [-0.2, -0.15) is 4.68 Å². The Hall–Kier alpha value is -2.48. The number of benzene rings is 1. The quantitative estimate of drug-likeness (QED) is 0.885. The number of tetrazole rings is 1. The lowest BCUT2D eigenvalue weighted by Crippen LogP contribution is -2.30. The van der Waals surface area contributed by atoms with Gasteiger partial charge in [0.2, 0.25) is 0 Å². The van der Waals surface area contributed by atoms with Gasteiger partial charge in [-0.25, -0.2) is 0 Å². The van der Waals surface area contributed by atoms with Crippen LogP contribution in [0.3, 0.4) is 0 Å². The van der Waals surface area contributed by atoms with Crippen molar-refractivity contribution in [3.8, 4) is 5.69 Å². The number of amides is 1. The average Bonchev–Trinajstić information content (AvgIpc) is 3.12. The number of halogens is 1. The Morgan fingerprint density at radius 3 is 2.68 bits per heavy atom. The van der Waals surface area contributed by atoms with Crippen LogP contribution in [0.25, 0.3) is 5.69 Å². The lowest BCUT2D eigenvalue weighted by Gasteiger charge is -2.18. The number of carboxylic acids is 1. The van der Waals surface area contributed by atoms with Crippen LogP contribution in [0.15, 0.2) is 24.5 Å². The first-order chi connectivity index (χ1) is 12.0. The summed E-state index contributed by atoms with van der Waals surface area (Å²) in [6, 6.07) is 4.91. The molecule has 4 rings (SSSR count). The van der Waals surface area contributed by atoms with Gasteiger partial charge in [0.05, 0.1) is 17.2 Å². The second-order valence-corrected chi connectivity index (χ2v) is 7.01. The normalized spacial score (nSPS) is 23.0. The third kappa shape index (κ3) is 2.97. The van der Waals surface area contributed by atoms with E-state index in [1.54, 1.807) is 23.1 Å². The number of rotatable bonds is 4. The SMILES string of the molecule is O=C(O)[C@H]1CN(C(=O)c2cc(Cl)ccc2-n2cnnn2)C[C@@H]1C1CC1. The van der Waals surface area contributed by atoms with Crippen LogP contribution in [0.5, 0.6) is 0 Å². The lowest BCUT2D eigenvalue weighted by atomic mass is 9.92. The second-order valence-electron chi connectivity index (χ2n) is 6.57. The zero-order valence-corrected chi connectivity index (χ0v) is 14.0. The van der Waals surface area contributed by atoms with Gasteiger partial charge in [-0.05, 0) is 53.3 Å². The van der Waals surface area contributed by atoms with Crippen LogP contribution < -0.4 is 0 Å². The maximum Gasteiger partial charge on any atom is 0.308 e. The van der Waals surface area contributed by atoms with Gasteiger partial charge in [-0.3, -0.25) is 9.59 Å². The number of likely N-dealkylation sites (tertiary alicyclic amines) is 1. The average molecular weight is 362 g/mol. The van der Waals surface area contributed by atoms with Gasteiger partial charge < -0.3 is 10.0 Å². The van der Waals surface area contributed by atoms with E-state index < -0.39 is 11.9 Å². The molecule has 1 aromatic carbocycles. The van der Waals surface area contributed by atoms with Crippen molar-refractivity contribution in [1.29, 1.82) is 0 Å². The molecule has 0 spiro atoms. The van der Waals surface area contributed by atoms with Crippen LogP contribution in [-0.2, 0) is 4.79 Å². The number of carbonyl (C=O) groups is 2. The van der Waals surface area contributed by atoms with Crippen LogP contribution in [0, 0.1) is 17.8 Å². The Bertz CT molecular complexity index is 821. The minimum atomic E-state index is -0.834. The summed E-state index contributed by atoms with van der Waals surface area (Å²) in [6.45, 7) is 0.679. The molecule has 1 N–H and O–H groups in total. The van der Waals surface area contributed by atoms with Crippen molar-refractivity contribution in [2.24, 2.45) is 17.8 Å². The van der Waals surface area contributed by atoms with Crippen LogP contribution in [0.1, 0.15) is 23.2 Å². The third-order valence-electron chi connectivity index (χ3n) is 4.98. The lowest BCUT2D eigenvalue weighted by molar-refractivity contribution is -0.142. The highest BCUT2D eigenvalue weighted by Crippen LogP contribution is 2.44. The molecular formula is C16H16ClN5O3. The summed E-state index contributed by atoms with van der Waals surface area (Å²) in [7, 11) is 0. The first-order valence-corrected chi connectivity index (χ1v) is 8.47. The van der Waals surface area contributed by atoms with E-state index in [9.17, 15) is 14.7 Å². The van der Waals surface area contributed by atoms with Gasteiger partial charge in [-0.15, -0.1) is 5.10 Å². The molecule has 1 saturated heterocycles. The zero-order valence-electron chi connectivity index (χ0n) is 13.2. The summed E-state index contributed by atoms with van der Waals surface area (Å²) in [6.07, 6.45) is 3.49. The Morgan fingerprint density at radius 2 is 2.04 bits per heavy atom. The first kappa shape index (κ1) is 16.0. The molecule has 8 nitrogen and oxygen atoms in total. The van der Waals surface area contributed by atoms with Crippen molar-refractivity contribution in [3.05, 3.63) is 35.1 Å². The molecule has 2 atom stereocenters. The Balaban J connectivity index is 1.65. The maximum atomic E-state index is 13.1. The fraction of sp³-hybridized carbons (Fsp3) is 0.438. The van der Waals surface area contributed by atoms with Crippen molar-refractivity contribution in [1.82, 2.24) is 25.1 Å². The highest BCUT2D eigenvalue weighted by molar-refractivity contribution is 6.31. The fourth-order valence-electron chi connectivity index (χ4n) is 3.58. The standard InChI is InChI=1S/C16H16ClN5O3/c17-10-3-4-14(22-8-18-19-20-22)11(5-10)15(23)21-6-12(9-1-2-9)13(7-21)16(24)25/h3-5,8-9,12-13H,1-2,6-7H2,(H,24,25)/t12-,13+/m1/s1. The van der Waals surface area contributed by atoms with Crippen LogP contribution in [0.2, 0.25) is 5.02 Å². The minimum absolute atomic E-state index is 0.0251. The summed E-state index contributed by atoms with van der Waals surface area (Å²) in [5.41, 5.74) is 0.876. The van der Waals surface area contributed by atoms with Gasteiger partial charge >= 0.3 is 5.97 Å². The summed E-state index contributed by atoms with van der Waals surface area (Å²) in [5, 5.41) is 20.9. The Morgan fingerprint density at radius 1 is 1.24 bits per heavy atom. The second kappa shape index (κ2) is 6.11. The smallest absolute Gasteiger partial charge is 0.308 e. The van der Waals surface area contributed by atoms with Crippen LogP contribution in [-0.4, -0.2) is 55.2 Å². The number of hydrogen-bond acceptors (Lipinski definition) is 5. The maximum absolute atomic E-state index is 13.1. The summed E-state index contributed by atoms with van der Waals surface area (Å²) in [5.74, 6) is -1.15. The first-order valence-electron chi connectivity index (χ1n) is 8.09. The van der Waals surface area contributed by atoms with E-state index in [1.165, 1.54) is 11.0 Å². The van der Waals surface area contributed by atoms with Gasteiger partial charge in [0, 0.05) is 18.1 Å². The highest BCUT2D eigenvalue weighted by atomic mass is 35.5. The molecule has 0 unspecified atom stereocenters. The summed E-state index contributed by atoms with van der Waals surface area (Å²) in [4.78, 5) is 26.2. The number of nitrogens with zero attached hydrogens (tertiary/aromatic N) is 5. The predicted molar refractivity (Wildman–Crippen MR) is 87.4 cm³/mol.